The number of benzene rings is 1. The Morgan fingerprint density at radius 3 is 2.23 bits per heavy atom. The van der Waals surface area contributed by atoms with Gasteiger partial charge < -0.3 is 10.2 Å². The third kappa shape index (κ3) is 5.34. The number of carbonyl (C=O) groups is 2. The van der Waals surface area contributed by atoms with Crippen LogP contribution in [0.4, 0.5) is 5.69 Å². The van der Waals surface area contributed by atoms with E-state index >= 15 is 0 Å². The van der Waals surface area contributed by atoms with Crippen LogP contribution >= 0.6 is 11.6 Å². The molecule has 4 nitrogen and oxygen atoms in total. The van der Waals surface area contributed by atoms with Gasteiger partial charge in [-0.2, -0.15) is 0 Å². The lowest BCUT2D eigenvalue weighted by molar-refractivity contribution is -0.134. The number of halogens is 1. The van der Waals surface area contributed by atoms with Crippen LogP contribution in [-0.2, 0) is 9.59 Å². The lowest BCUT2D eigenvalue weighted by Gasteiger charge is -2.21. The maximum absolute atomic E-state index is 12.2. The fourth-order valence-electron chi connectivity index (χ4n) is 2.41. The average molecular weight is 325 g/mol. The molecule has 0 spiro atoms. The van der Waals surface area contributed by atoms with Gasteiger partial charge in [0.1, 0.15) is 6.42 Å². The Labute approximate surface area is 137 Å². The Hall–Kier alpha value is -1.55. The van der Waals surface area contributed by atoms with Crippen molar-refractivity contribution in [3.05, 3.63) is 28.3 Å². The molecule has 1 aromatic rings. The summed E-state index contributed by atoms with van der Waals surface area (Å²) in [5.41, 5.74) is 2.51. The highest BCUT2D eigenvalue weighted by molar-refractivity contribution is 6.34. The Morgan fingerprint density at radius 2 is 1.73 bits per heavy atom. The van der Waals surface area contributed by atoms with E-state index < -0.39 is 0 Å². The van der Waals surface area contributed by atoms with Crippen LogP contribution in [0.5, 0.6) is 0 Å². The van der Waals surface area contributed by atoms with Crippen LogP contribution in [0, 0.1) is 13.8 Å². The van der Waals surface area contributed by atoms with Gasteiger partial charge in [0.2, 0.25) is 11.8 Å². The molecule has 0 heterocycles. The quantitative estimate of drug-likeness (QED) is 0.772. The Morgan fingerprint density at radius 1 is 1.14 bits per heavy atom. The van der Waals surface area contributed by atoms with Gasteiger partial charge >= 0.3 is 0 Å². The molecule has 1 N–H and O–H groups in total. The minimum absolute atomic E-state index is 0.137. The molecule has 0 saturated heterocycles. The molecule has 1 aromatic carbocycles. The van der Waals surface area contributed by atoms with E-state index in [9.17, 15) is 9.59 Å². The molecular formula is C17H25ClN2O2. The van der Waals surface area contributed by atoms with Gasteiger partial charge in [-0.15, -0.1) is 0 Å². The number of amides is 2. The lowest BCUT2D eigenvalue weighted by Crippen LogP contribution is -2.35. The Bertz CT molecular complexity index is 514. The molecule has 22 heavy (non-hydrogen) atoms. The van der Waals surface area contributed by atoms with Crippen molar-refractivity contribution in [3.63, 3.8) is 0 Å². The predicted octanol–water partition coefficient (Wildman–Crippen LogP) is 3.93. The number of hydrogen-bond acceptors (Lipinski definition) is 2. The van der Waals surface area contributed by atoms with E-state index in [-0.39, 0.29) is 18.2 Å². The van der Waals surface area contributed by atoms with E-state index in [0.717, 1.165) is 24.0 Å². The maximum Gasteiger partial charge on any atom is 0.233 e. The van der Waals surface area contributed by atoms with Gasteiger partial charge in [-0.3, -0.25) is 9.59 Å². The molecule has 1 rings (SSSR count). The first-order valence-electron chi connectivity index (χ1n) is 7.73. The van der Waals surface area contributed by atoms with E-state index in [4.69, 9.17) is 11.6 Å². The average Bonchev–Trinajstić information content (AvgIpc) is 2.42. The molecule has 0 aromatic heterocycles. The van der Waals surface area contributed by atoms with Crippen molar-refractivity contribution in [1.82, 2.24) is 4.90 Å². The van der Waals surface area contributed by atoms with Crippen molar-refractivity contribution in [2.45, 2.75) is 47.0 Å². The number of carbonyl (C=O) groups excluding carboxylic acids is 2. The molecule has 122 valence electrons. The number of hydrogen-bond donors (Lipinski definition) is 1. The highest BCUT2D eigenvalue weighted by Gasteiger charge is 2.17. The van der Waals surface area contributed by atoms with E-state index in [1.165, 1.54) is 0 Å². The molecule has 5 heteroatoms. The summed E-state index contributed by atoms with van der Waals surface area (Å²) in [6.45, 7) is 9.24. The predicted molar refractivity (Wildman–Crippen MR) is 91.3 cm³/mol. The molecule has 0 aliphatic heterocycles. The SMILES string of the molecule is CCCN(CCC)C(=O)CC(=O)Nc1c(C)cc(C)cc1Cl. The second-order valence-corrected chi connectivity index (χ2v) is 5.95. The van der Waals surface area contributed by atoms with Crippen LogP contribution in [-0.4, -0.2) is 29.8 Å². The number of nitrogens with one attached hydrogen (secondary N) is 1. The molecule has 0 atom stereocenters. The largest absolute Gasteiger partial charge is 0.342 e. The molecule has 0 bridgehead atoms. The summed E-state index contributed by atoms with van der Waals surface area (Å²) < 4.78 is 0. The monoisotopic (exact) mass is 324 g/mol. The van der Waals surface area contributed by atoms with Crippen LogP contribution in [0.25, 0.3) is 0 Å². The van der Waals surface area contributed by atoms with Crippen LogP contribution in [0.3, 0.4) is 0 Å². The van der Waals surface area contributed by atoms with Crippen molar-refractivity contribution in [2.24, 2.45) is 0 Å². The standard InChI is InChI=1S/C17H25ClN2O2/c1-5-7-20(8-6-2)16(22)11-15(21)19-17-13(4)9-12(3)10-14(17)18/h9-10H,5-8,11H2,1-4H3,(H,19,21). The van der Waals surface area contributed by atoms with E-state index in [1.807, 2.05) is 33.8 Å². The molecule has 0 saturated carbocycles. The van der Waals surface area contributed by atoms with Crippen molar-refractivity contribution >= 4 is 29.1 Å². The molecule has 0 unspecified atom stereocenters. The number of rotatable bonds is 7. The van der Waals surface area contributed by atoms with Crippen molar-refractivity contribution < 1.29 is 9.59 Å². The van der Waals surface area contributed by atoms with Gasteiger partial charge in [0, 0.05) is 13.1 Å². The first-order valence-corrected chi connectivity index (χ1v) is 8.11. The van der Waals surface area contributed by atoms with Gasteiger partial charge in [0.25, 0.3) is 0 Å². The number of aryl methyl sites for hydroxylation is 2. The minimum atomic E-state index is -0.323. The van der Waals surface area contributed by atoms with Crippen LogP contribution in [0.15, 0.2) is 12.1 Å². The molecule has 0 fully saturated rings. The molecule has 0 aliphatic carbocycles. The van der Waals surface area contributed by atoms with Crippen molar-refractivity contribution in [2.75, 3.05) is 18.4 Å². The van der Waals surface area contributed by atoms with E-state index in [2.05, 4.69) is 5.32 Å². The van der Waals surface area contributed by atoms with Gasteiger partial charge in [0.15, 0.2) is 0 Å². The van der Waals surface area contributed by atoms with Crippen LogP contribution in [0.2, 0.25) is 5.02 Å². The second-order valence-electron chi connectivity index (χ2n) is 5.54. The van der Waals surface area contributed by atoms with Gasteiger partial charge in [0.05, 0.1) is 10.7 Å². The van der Waals surface area contributed by atoms with Crippen molar-refractivity contribution in [1.29, 1.82) is 0 Å². The second kappa shape index (κ2) is 8.79. The van der Waals surface area contributed by atoms with Gasteiger partial charge in [-0.25, -0.2) is 0 Å². The van der Waals surface area contributed by atoms with Gasteiger partial charge in [-0.05, 0) is 43.9 Å². The highest BCUT2D eigenvalue weighted by atomic mass is 35.5. The van der Waals surface area contributed by atoms with E-state index in [0.29, 0.717) is 23.8 Å². The Balaban J connectivity index is 2.72. The van der Waals surface area contributed by atoms with Crippen molar-refractivity contribution in [3.8, 4) is 0 Å². The topological polar surface area (TPSA) is 49.4 Å². The molecule has 2 amide bonds. The third-order valence-electron chi connectivity index (χ3n) is 3.35. The van der Waals surface area contributed by atoms with Gasteiger partial charge in [-0.1, -0.05) is 31.5 Å². The normalized spacial score (nSPS) is 10.4. The number of anilines is 1. The molecule has 0 radical (unpaired) electrons. The summed E-state index contributed by atoms with van der Waals surface area (Å²) in [7, 11) is 0. The molecular weight excluding hydrogens is 300 g/mol. The minimum Gasteiger partial charge on any atom is -0.342 e. The summed E-state index contributed by atoms with van der Waals surface area (Å²) in [5, 5.41) is 3.25. The fraction of sp³-hybridized carbons (Fsp3) is 0.529. The highest BCUT2D eigenvalue weighted by Crippen LogP contribution is 2.27. The third-order valence-corrected chi connectivity index (χ3v) is 3.65. The van der Waals surface area contributed by atoms with Crippen LogP contribution < -0.4 is 5.32 Å². The summed E-state index contributed by atoms with van der Waals surface area (Å²) in [4.78, 5) is 26.0. The number of nitrogens with zero attached hydrogens (tertiary/aromatic N) is 1. The fourth-order valence-corrected chi connectivity index (χ4v) is 2.78. The summed E-state index contributed by atoms with van der Waals surface area (Å²) in [5.74, 6) is -0.460. The van der Waals surface area contributed by atoms with Crippen LogP contribution in [0.1, 0.15) is 44.2 Å². The maximum atomic E-state index is 12.2. The summed E-state index contributed by atoms with van der Waals surface area (Å²) in [6, 6.07) is 3.75. The zero-order valence-corrected chi connectivity index (χ0v) is 14.6. The lowest BCUT2D eigenvalue weighted by atomic mass is 10.1. The van der Waals surface area contributed by atoms with E-state index in [1.54, 1.807) is 11.0 Å². The Kier molecular flexibility index (Phi) is 7.39. The first kappa shape index (κ1) is 18.5. The summed E-state index contributed by atoms with van der Waals surface area (Å²) in [6.07, 6.45) is 1.62. The first-order chi connectivity index (χ1) is 10.4. The zero-order chi connectivity index (χ0) is 16.7. The smallest absolute Gasteiger partial charge is 0.233 e. The summed E-state index contributed by atoms with van der Waals surface area (Å²) >= 11 is 6.17. The molecule has 0 aliphatic rings. The zero-order valence-electron chi connectivity index (χ0n) is 13.8.